The SMILES string of the molecule is CCc1n[nH]c(CSC(C)c2nc(-c3cccs3)no2)n1. The molecule has 1 atom stereocenters. The highest BCUT2D eigenvalue weighted by molar-refractivity contribution is 7.98. The number of thiophene rings is 1. The molecule has 0 radical (unpaired) electrons. The van der Waals surface area contributed by atoms with E-state index in [0.717, 1.165) is 28.7 Å². The topological polar surface area (TPSA) is 80.5 Å². The molecule has 110 valence electrons. The lowest BCUT2D eigenvalue weighted by atomic mass is 10.4. The van der Waals surface area contributed by atoms with E-state index in [2.05, 4.69) is 25.3 Å². The van der Waals surface area contributed by atoms with E-state index in [0.29, 0.717) is 11.7 Å². The molecule has 0 saturated carbocycles. The van der Waals surface area contributed by atoms with Gasteiger partial charge in [-0.2, -0.15) is 10.1 Å². The van der Waals surface area contributed by atoms with Gasteiger partial charge in [-0.25, -0.2) is 4.98 Å². The van der Waals surface area contributed by atoms with Crippen LogP contribution in [0.2, 0.25) is 0 Å². The second-order valence-electron chi connectivity index (χ2n) is 4.44. The molecule has 3 heterocycles. The van der Waals surface area contributed by atoms with Gasteiger partial charge in [-0.3, -0.25) is 5.10 Å². The van der Waals surface area contributed by atoms with Gasteiger partial charge < -0.3 is 4.52 Å². The highest BCUT2D eigenvalue weighted by Crippen LogP contribution is 2.31. The fraction of sp³-hybridized carbons (Fsp3) is 0.385. The summed E-state index contributed by atoms with van der Waals surface area (Å²) in [7, 11) is 0. The summed E-state index contributed by atoms with van der Waals surface area (Å²) in [6.45, 7) is 4.08. The normalized spacial score (nSPS) is 12.7. The van der Waals surface area contributed by atoms with Crippen molar-refractivity contribution in [3.8, 4) is 10.7 Å². The molecule has 0 aliphatic rings. The van der Waals surface area contributed by atoms with Crippen LogP contribution in [0.1, 0.15) is 36.6 Å². The number of aromatic amines is 1. The van der Waals surface area contributed by atoms with Gasteiger partial charge in [-0.15, -0.1) is 23.1 Å². The van der Waals surface area contributed by atoms with Crippen LogP contribution in [-0.4, -0.2) is 25.3 Å². The standard InChI is InChI=1S/C13H15N5OS2/c1-3-10-14-11(17-16-10)7-21-8(2)13-15-12(18-19-13)9-5-4-6-20-9/h4-6,8H,3,7H2,1-2H3,(H,14,16,17). The molecular formula is C13H15N5OS2. The van der Waals surface area contributed by atoms with Crippen molar-refractivity contribution in [2.24, 2.45) is 0 Å². The Labute approximate surface area is 130 Å². The van der Waals surface area contributed by atoms with E-state index in [1.54, 1.807) is 23.1 Å². The highest BCUT2D eigenvalue weighted by atomic mass is 32.2. The third kappa shape index (κ3) is 3.33. The third-order valence-corrected chi connectivity index (χ3v) is 4.90. The van der Waals surface area contributed by atoms with E-state index in [9.17, 15) is 0 Å². The number of aromatic nitrogens is 5. The molecule has 0 spiro atoms. The Hall–Kier alpha value is -1.67. The van der Waals surface area contributed by atoms with Gasteiger partial charge >= 0.3 is 0 Å². The van der Waals surface area contributed by atoms with Crippen molar-refractivity contribution < 1.29 is 4.52 Å². The maximum atomic E-state index is 5.34. The van der Waals surface area contributed by atoms with Crippen LogP contribution in [0.4, 0.5) is 0 Å². The van der Waals surface area contributed by atoms with E-state index >= 15 is 0 Å². The number of rotatable bonds is 6. The number of nitrogens with zero attached hydrogens (tertiary/aromatic N) is 4. The van der Waals surface area contributed by atoms with Crippen LogP contribution in [0.5, 0.6) is 0 Å². The highest BCUT2D eigenvalue weighted by Gasteiger charge is 2.17. The molecule has 3 aromatic heterocycles. The van der Waals surface area contributed by atoms with Gasteiger partial charge in [-0.1, -0.05) is 18.1 Å². The lowest BCUT2D eigenvalue weighted by Crippen LogP contribution is -1.92. The first-order chi connectivity index (χ1) is 10.3. The van der Waals surface area contributed by atoms with Gasteiger partial charge in [0.15, 0.2) is 0 Å². The number of aryl methyl sites for hydroxylation is 1. The summed E-state index contributed by atoms with van der Waals surface area (Å²) in [5.41, 5.74) is 0. The fourth-order valence-corrected chi connectivity index (χ4v) is 3.16. The van der Waals surface area contributed by atoms with Gasteiger partial charge in [0.1, 0.15) is 11.6 Å². The lowest BCUT2D eigenvalue weighted by molar-refractivity contribution is 0.381. The van der Waals surface area contributed by atoms with E-state index < -0.39 is 0 Å². The largest absolute Gasteiger partial charge is 0.338 e. The Morgan fingerprint density at radius 3 is 3.05 bits per heavy atom. The number of thioether (sulfide) groups is 1. The average Bonchev–Trinajstić information content (AvgIpc) is 3.24. The minimum Gasteiger partial charge on any atom is -0.338 e. The van der Waals surface area contributed by atoms with Gasteiger partial charge in [0.05, 0.1) is 15.9 Å². The van der Waals surface area contributed by atoms with Crippen LogP contribution < -0.4 is 0 Å². The van der Waals surface area contributed by atoms with Crippen molar-refractivity contribution in [1.29, 1.82) is 0 Å². The fourth-order valence-electron chi connectivity index (χ4n) is 1.74. The Morgan fingerprint density at radius 2 is 2.33 bits per heavy atom. The molecule has 0 aliphatic carbocycles. The molecule has 3 rings (SSSR count). The van der Waals surface area contributed by atoms with Crippen molar-refractivity contribution in [2.75, 3.05) is 0 Å². The molecule has 0 amide bonds. The van der Waals surface area contributed by atoms with E-state index in [-0.39, 0.29) is 5.25 Å². The Balaban J connectivity index is 1.61. The number of H-pyrrole nitrogens is 1. The average molecular weight is 321 g/mol. The van der Waals surface area contributed by atoms with Crippen molar-refractivity contribution in [2.45, 2.75) is 31.3 Å². The van der Waals surface area contributed by atoms with Crippen LogP contribution in [0.3, 0.4) is 0 Å². The Morgan fingerprint density at radius 1 is 1.43 bits per heavy atom. The zero-order chi connectivity index (χ0) is 14.7. The first-order valence-corrected chi connectivity index (χ1v) is 8.58. The molecule has 6 nitrogen and oxygen atoms in total. The van der Waals surface area contributed by atoms with Gasteiger partial charge in [0.25, 0.3) is 0 Å². The number of hydrogen-bond acceptors (Lipinski definition) is 7. The second-order valence-corrected chi connectivity index (χ2v) is 6.72. The van der Waals surface area contributed by atoms with Crippen molar-refractivity contribution >= 4 is 23.1 Å². The summed E-state index contributed by atoms with van der Waals surface area (Å²) in [6.07, 6.45) is 0.838. The smallest absolute Gasteiger partial charge is 0.239 e. The minimum absolute atomic E-state index is 0.112. The summed E-state index contributed by atoms with van der Waals surface area (Å²) in [5.74, 6) is 3.75. The zero-order valence-corrected chi connectivity index (χ0v) is 13.4. The van der Waals surface area contributed by atoms with Crippen molar-refractivity contribution in [3.63, 3.8) is 0 Å². The molecule has 0 bridgehead atoms. The molecular weight excluding hydrogens is 306 g/mol. The second kappa shape index (κ2) is 6.40. The maximum absolute atomic E-state index is 5.34. The van der Waals surface area contributed by atoms with E-state index in [1.807, 2.05) is 31.4 Å². The first kappa shape index (κ1) is 14.3. The predicted molar refractivity (Wildman–Crippen MR) is 83.1 cm³/mol. The lowest BCUT2D eigenvalue weighted by Gasteiger charge is -2.03. The molecule has 8 heteroatoms. The molecule has 0 aliphatic heterocycles. The monoisotopic (exact) mass is 321 g/mol. The van der Waals surface area contributed by atoms with Gasteiger partial charge in [0.2, 0.25) is 11.7 Å². The molecule has 0 fully saturated rings. The molecule has 21 heavy (non-hydrogen) atoms. The predicted octanol–water partition coefficient (Wildman–Crippen LogP) is 3.47. The Kier molecular flexibility index (Phi) is 4.35. The van der Waals surface area contributed by atoms with Crippen LogP contribution in [0.25, 0.3) is 10.7 Å². The zero-order valence-electron chi connectivity index (χ0n) is 11.7. The summed E-state index contributed by atoms with van der Waals surface area (Å²) in [5, 5.41) is 13.2. The maximum Gasteiger partial charge on any atom is 0.239 e. The molecule has 0 saturated heterocycles. The van der Waals surface area contributed by atoms with Crippen molar-refractivity contribution in [1.82, 2.24) is 25.3 Å². The minimum atomic E-state index is 0.112. The van der Waals surface area contributed by atoms with Crippen molar-refractivity contribution in [3.05, 3.63) is 35.1 Å². The van der Waals surface area contributed by atoms with Crippen LogP contribution in [-0.2, 0) is 12.2 Å². The van der Waals surface area contributed by atoms with E-state index in [1.165, 1.54) is 0 Å². The van der Waals surface area contributed by atoms with Crippen LogP contribution in [0.15, 0.2) is 22.0 Å². The molecule has 1 unspecified atom stereocenters. The van der Waals surface area contributed by atoms with Crippen LogP contribution in [0, 0.1) is 0 Å². The first-order valence-electron chi connectivity index (χ1n) is 6.65. The van der Waals surface area contributed by atoms with E-state index in [4.69, 9.17) is 4.52 Å². The Bertz CT molecular complexity index is 691. The van der Waals surface area contributed by atoms with Crippen LogP contribution >= 0.6 is 23.1 Å². The summed E-state index contributed by atoms with van der Waals surface area (Å²) < 4.78 is 5.34. The van der Waals surface area contributed by atoms with Gasteiger partial charge in [-0.05, 0) is 18.4 Å². The number of hydrogen-bond donors (Lipinski definition) is 1. The third-order valence-electron chi connectivity index (χ3n) is 2.90. The summed E-state index contributed by atoms with van der Waals surface area (Å²) in [4.78, 5) is 9.86. The van der Waals surface area contributed by atoms with Gasteiger partial charge in [0, 0.05) is 6.42 Å². The summed E-state index contributed by atoms with van der Waals surface area (Å²) >= 11 is 3.29. The quantitative estimate of drug-likeness (QED) is 0.748. The molecule has 1 N–H and O–H groups in total. The molecule has 0 aromatic carbocycles. The summed E-state index contributed by atoms with van der Waals surface area (Å²) in [6, 6.07) is 3.96. The molecule has 3 aromatic rings. The number of nitrogens with one attached hydrogen (secondary N) is 1.